The summed E-state index contributed by atoms with van der Waals surface area (Å²) < 4.78 is 11.6. The maximum absolute atomic E-state index is 12.6. The van der Waals surface area contributed by atoms with Gasteiger partial charge in [0.15, 0.2) is 16.7 Å². The van der Waals surface area contributed by atoms with E-state index in [0.29, 0.717) is 39.1 Å². The zero-order chi connectivity index (χ0) is 24.1. The first-order chi connectivity index (χ1) is 16.5. The molecule has 1 amide bonds. The highest BCUT2D eigenvalue weighted by Gasteiger charge is 2.28. The highest BCUT2D eigenvalue weighted by Crippen LogP contribution is 2.34. The molecule has 0 radical (unpaired) electrons. The minimum absolute atomic E-state index is 0.0565. The predicted molar refractivity (Wildman–Crippen MR) is 131 cm³/mol. The second kappa shape index (κ2) is 10.4. The molecule has 0 unspecified atom stereocenters. The number of ether oxygens (including phenoxy) is 2. The SMILES string of the molecule is C#[N+]C1CCC(Oc2cc(NC(=O)CSc3nc4c(C)c(C#N)ncc4[nH]3)ccc2OC)CC1. The van der Waals surface area contributed by atoms with Crippen LogP contribution < -0.4 is 14.8 Å². The van der Waals surface area contributed by atoms with Crippen LogP contribution in [0.5, 0.6) is 11.5 Å². The molecule has 1 aliphatic carbocycles. The van der Waals surface area contributed by atoms with Gasteiger partial charge in [-0.3, -0.25) is 4.79 Å². The Morgan fingerprint density at radius 1 is 1.35 bits per heavy atom. The van der Waals surface area contributed by atoms with Gasteiger partial charge in [0.1, 0.15) is 11.8 Å². The normalized spacial score (nSPS) is 17.5. The van der Waals surface area contributed by atoms with Gasteiger partial charge in [-0.15, -0.1) is 0 Å². The fourth-order valence-electron chi connectivity index (χ4n) is 3.93. The van der Waals surface area contributed by atoms with Crippen molar-refractivity contribution in [3.8, 4) is 24.1 Å². The molecule has 2 heterocycles. The number of nitrogens with zero attached hydrogens (tertiary/aromatic N) is 4. The van der Waals surface area contributed by atoms with E-state index < -0.39 is 0 Å². The third-order valence-corrected chi connectivity index (χ3v) is 6.66. The number of imidazole rings is 1. The number of carbonyl (C=O) groups is 1. The van der Waals surface area contributed by atoms with E-state index in [1.165, 1.54) is 11.8 Å². The molecule has 10 heteroatoms. The van der Waals surface area contributed by atoms with Gasteiger partial charge in [-0.2, -0.15) is 5.26 Å². The van der Waals surface area contributed by atoms with Gasteiger partial charge in [0.2, 0.25) is 5.91 Å². The first-order valence-electron chi connectivity index (χ1n) is 10.9. The number of H-pyrrole nitrogens is 1. The van der Waals surface area contributed by atoms with Gasteiger partial charge in [0.05, 0.1) is 36.2 Å². The number of pyridine rings is 1. The molecule has 0 aliphatic heterocycles. The lowest BCUT2D eigenvalue weighted by molar-refractivity contribution is -0.113. The van der Waals surface area contributed by atoms with Crippen molar-refractivity contribution >= 4 is 34.4 Å². The molecule has 1 saturated carbocycles. The van der Waals surface area contributed by atoms with Crippen molar-refractivity contribution in [2.24, 2.45) is 0 Å². The summed E-state index contributed by atoms with van der Waals surface area (Å²) >= 11 is 1.27. The summed E-state index contributed by atoms with van der Waals surface area (Å²) in [6.07, 6.45) is 5.15. The number of benzene rings is 1. The van der Waals surface area contributed by atoms with Crippen LogP contribution in [0.4, 0.5) is 5.69 Å². The quantitative estimate of drug-likeness (QED) is 0.480. The number of hydrogen-bond acceptors (Lipinski definition) is 7. The lowest BCUT2D eigenvalue weighted by Gasteiger charge is -2.24. The maximum Gasteiger partial charge on any atom is 0.272 e. The molecule has 1 aliphatic rings. The second-order valence-electron chi connectivity index (χ2n) is 8.05. The third kappa shape index (κ3) is 5.24. The highest BCUT2D eigenvalue weighted by molar-refractivity contribution is 7.99. The number of aryl methyl sites for hydroxylation is 1. The Morgan fingerprint density at radius 3 is 2.85 bits per heavy atom. The zero-order valence-corrected chi connectivity index (χ0v) is 19.8. The monoisotopic (exact) mass is 477 g/mol. The maximum atomic E-state index is 12.6. The molecule has 0 spiro atoms. The van der Waals surface area contributed by atoms with Crippen LogP contribution in [0, 0.1) is 24.8 Å². The molecule has 0 bridgehead atoms. The van der Waals surface area contributed by atoms with Crippen LogP contribution >= 0.6 is 11.8 Å². The molecule has 174 valence electrons. The fourth-order valence-corrected chi connectivity index (χ4v) is 4.61. The van der Waals surface area contributed by atoms with Crippen molar-refractivity contribution in [1.29, 1.82) is 5.26 Å². The van der Waals surface area contributed by atoms with E-state index in [2.05, 4.69) is 31.2 Å². The topological polar surface area (TPSA) is 117 Å². The lowest BCUT2D eigenvalue weighted by Crippen LogP contribution is -2.25. The van der Waals surface area contributed by atoms with Crippen LogP contribution in [-0.2, 0) is 4.79 Å². The van der Waals surface area contributed by atoms with Crippen LogP contribution in [0.3, 0.4) is 0 Å². The van der Waals surface area contributed by atoms with E-state index in [1.54, 1.807) is 38.4 Å². The average molecular weight is 478 g/mol. The van der Waals surface area contributed by atoms with Gasteiger partial charge < -0.3 is 19.8 Å². The van der Waals surface area contributed by atoms with Gasteiger partial charge in [-0.1, -0.05) is 16.6 Å². The summed E-state index contributed by atoms with van der Waals surface area (Å²) in [7, 11) is 1.59. The molecule has 2 N–H and O–H groups in total. The number of carbonyl (C=O) groups excluding carboxylic acids is 1. The van der Waals surface area contributed by atoms with Gasteiger partial charge in [0, 0.05) is 30.2 Å². The Hall–Kier alpha value is -3.76. The minimum atomic E-state index is -0.181. The van der Waals surface area contributed by atoms with Crippen LogP contribution in [0.25, 0.3) is 15.9 Å². The molecule has 0 atom stereocenters. The molecule has 34 heavy (non-hydrogen) atoms. The van der Waals surface area contributed by atoms with Gasteiger partial charge in [0.25, 0.3) is 12.6 Å². The Kier molecular flexibility index (Phi) is 7.19. The van der Waals surface area contributed by atoms with Crippen LogP contribution in [0.2, 0.25) is 0 Å². The number of amides is 1. The van der Waals surface area contributed by atoms with Crippen LogP contribution in [-0.4, -0.2) is 45.9 Å². The first kappa shape index (κ1) is 23.4. The Balaban J connectivity index is 1.38. The molecule has 9 nitrogen and oxygen atoms in total. The molecular weight excluding hydrogens is 452 g/mol. The van der Waals surface area contributed by atoms with E-state index in [9.17, 15) is 4.79 Å². The number of thioether (sulfide) groups is 1. The molecule has 4 rings (SSSR count). The molecule has 0 saturated heterocycles. The smallest absolute Gasteiger partial charge is 0.272 e. The Bertz CT molecular complexity index is 1280. The standard InChI is InChI=1S/C24H24N6O3S/c1-14-18(11-25)27-12-19-23(14)30-24(29-19)34-13-22(31)28-16-6-9-20(32-3)21(10-16)33-17-7-4-15(26-2)5-8-17/h2,6,9-10,12,15,17H,4-5,7-8,13H2,1,3H3,(H-,27,28,29,30,31)/p+1. The zero-order valence-electron chi connectivity index (χ0n) is 19.0. The molecule has 3 aromatic rings. The number of fused-ring (bicyclic) bond motifs is 1. The van der Waals surface area contributed by atoms with Crippen molar-refractivity contribution in [2.45, 2.75) is 49.9 Å². The number of aromatic nitrogens is 3. The molecular formula is C24H25N6O3S+. The summed E-state index contributed by atoms with van der Waals surface area (Å²) in [6, 6.07) is 7.58. The van der Waals surface area contributed by atoms with Crippen LogP contribution in [0.1, 0.15) is 36.9 Å². The number of rotatable bonds is 7. The number of nitriles is 1. The highest BCUT2D eigenvalue weighted by atomic mass is 32.2. The van der Waals surface area contributed by atoms with E-state index >= 15 is 0 Å². The lowest BCUT2D eigenvalue weighted by atomic mass is 9.93. The van der Waals surface area contributed by atoms with Crippen molar-refractivity contribution in [3.63, 3.8) is 0 Å². The molecule has 1 aromatic carbocycles. The number of nitrogens with one attached hydrogen (secondary N) is 2. The van der Waals surface area contributed by atoms with E-state index in [-0.39, 0.29) is 23.8 Å². The molecule has 1 fully saturated rings. The minimum Gasteiger partial charge on any atom is -0.493 e. The average Bonchev–Trinajstić information content (AvgIpc) is 3.28. The van der Waals surface area contributed by atoms with E-state index in [0.717, 1.165) is 31.2 Å². The van der Waals surface area contributed by atoms with E-state index in [1.807, 2.05) is 0 Å². The summed E-state index contributed by atoms with van der Waals surface area (Å²) in [6.45, 7) is 7.22. The Morgan fingerprint density at radius 2 is 2.15 bits per heavy atom. The molecule has 2 aromatic heterocycles. The number of methoxy groups -OCH3 is 1. The van der Waals surface area contributed by atoms with Crippen LogP contribution in [0.15, 0.2) is 29.6 Å². The summed E-state index contributed by atoms with van der Waals surface area (Å²) in [5.74, 6) is 1.18. The second-order valence-corrected chi connectivity index (χ2v) is 9.01. The van der Waals surface area contributed by atoms with Gasteiger partial charge in [-0.25, -0.2) is 9.97 Å². The van der Waals surface area contributed by atoms with Crippen molar-refractivity contribution < 1.29 is 14.3 Å². The summed E-state index contributed by atoms with van der Waals surface area (Å²) in [4.78, 5) is 28.2. The Labute approximate surface area is 201 Å². The number of anilines is 1. The first-order valence-corrected chi connectivity index (χ1v) is 11.9. The predicted octanol–water partition coefficient (Wildman–Crippen LogP) is 4.53. The number of hydrogen-bond donors (Lipinski definition) is 2. The van der Waals surface area contributed by atoms with Crippen molar-refractivity contribution in [3.05, 3.63) is 40.5 Å². The number of aromatic amines is 1. The van der Waals surface area contributed by atoms with E-state index in [4.69, 9.17) is 21.3 Å². The summed E-state index contributed by atoms with van der Waals surface area (Å²) in [5, 5.41) is 12.6. The van der Waals surface area contributed by atoms with Gasteiger partial charge >= 0.3 is 0 Å². The van der Waals surface area contributed by atoms with Crippen molar-refractivity contribution in [2.75, 3.05) is 18.2 Å². The fraction of sp³-hybridized carbons (Fsp3) is 0.375. The third-order valence-electron chi connectivity index (χ3n) is 5.78. The van der Waals surface area contributed by atoms with Gasteiger partial charge in [-0.05, 0) is 31.9 Å². The largest absolute Gasteiger partial charge is 0.493 e. The van der Waals surface area contributed by atoms with Crippen molar-refractivity contribution in [1.82, 2.24) is 15.0 Å². The summed E-state index contributed by atoms with van der Waals surface area (Å²) in [5.41, 5.74) is 3.08.